The van der Waals surface area contributed by atoms with Crippen molar-refractivity contribution in [2.24, 2.45) is 5.92 Å². The Morgan fingerprint density at radius 1 is 1.71 bits per heavy atom. The molecule has 0 saturated heterocycles. The van der Waals surface area contributed by atoms with Crippen molar-refractivity contribution in [1.29, 1.82) is 0 Å². The van der Waals surface area contributed by atoms with Crippen LogP contribution in [0, 0.1) is 23.0 Å². The quantitative estimate of drug-likeness (QED) is 0.579. The second-order valence-electron chi connectivity index (χ2n) is 3.70. The maximum absolute atomic E-state index is 10.6. The highest BCUT2D eigenvalue weighted by Gasteiger charge is 2.27. The van der Waals surface area contributed by atoms with E-state index in [0.29, 0.717) is 18.2 Å². The maximum Gasteiger partial charge on any atom is 0.333 e. The van der Waals surface area contributed by atoms with Crippen molar-refractivity contribution >= 4 is 11.5 Å². The number of aryl methyl sites for hydroxylation is 1. The second-order valence-corrected chi connectivity index (χ2v) is 3.70. The molecule has 1 aliphatic rings. The maximum atomic E-state index is 10.6. The molecule has 0 atom stereocenters. The van der Waals surface area contributed by atoms with Crippen LogP contribution in [0.5, 0.6) is 0 Å². The Labute approximate surface area is 80.9 Å². The number of anilines is 1. The van der Waals surface area contributed by atoms with E-state index in [1.54, 1.807) is 11.6 Å². The minimum absolute atomic E-state index is 0.0503. The first-order valence-corrected chi connectivity index (χ1v) is 4.57. The first-order valence-electron chi connectivity index (χ1n) is 4.57. The predicted octanol–water partition coefficient (Wildman–Crippen LogP) is 1.09. The zero-order valence-corrected chi connectivity index (χ0v) is 7.93. The number of hydrogen-bond acceptors (Lipinski definition) is 4. The molecule has 0 spiro atoms. The van der Waals surface area contributed by atoms with Gasteiger partial charge in [-0.15, -0.1) is 0 Å². The fraction of sp³-hybridized carbons (Fsp3) is 0.625. The highest BCUT2D eigenvalue weighted by Crippen LogP contribution is 2.33. The summed E-state index contributed by atoms with van der Waals surface area (Å²) in [6, 6.07) is 0. The van der Waals surface area contributed by atoms with Gasteiger partial charge in [-0.2, -0.15) is 5.10 Å². The van der Waals surface area contributed by atoms with Crippen LogP contribution in [0.4, 0.5) is 11.5 Å². The number of nitro groups is 1. The summed E-state index contributed by atoms with van der Waals surface area (Å²) in [4.78, 5) is 10.2. The van der Waals surface area contributed by atoms with E-state index < -0.39 is 4.92 Å². The number of nitrogens with zero attached hydrogens (tertiary/aromatic N) is 3. The molecule has 76 valence electrons. The third-order valence-electron chi connectivity index (χ3n) is 2.44. The van der Waals surface area contributed by atoms with Crippen molar-refractivity contribution in [3.63, 3.8) is 0 Å². The molecule has 6 nitrogen and oxygen atoms in total. The summed E-state index contributed by atoms with van der Waals surface area (Å²) in [5.41, 5.74) is 5.99. The van der Waals surface area contributed by atoms with Crippen LogP contribution in [0.15, 0.2) is 0 Å². The molecule has 0 unspecified atom stereocenters. The molecule has 1 aromatic heterocycles. The topological polar surface area (TPSA) is 87.0 Å². The molecule has 0 aliphatic heterocycles. The van der Waals surface area contributed by atoms with Crippen LogP contribution in [0.25, 0.3) is 0 Å². The van der Waals surface area contributed by atoms with Crippen LogP contribution < -0.4 is 5.73 Å². The van der Waals surface area contributed by atoms with E-state index in [-0.39, 0.29) is 11.5 Å². The van der Waals surface area contributed by atoms with Gasteiger partial charge in [0.15, 0.2) is 0 Å². The molecular formula is C8H12N4O2. The lowest BCUT2D eigenvalue weighted by Gasteiger charge is -1.99. The molecular weight excluding hydrogens is 184 g/mol. The van der Waals surface area contributed by atoms with Gasteiger partial charge < -0.3 is 5.73 Å². The van der Waals surface area contributed by atoms with Gasteiger partial charge in [-0.1, -0.05) is 0 Å². The van der Waals surface area contributed by atoms with E-state index >= 15 is 0 Å². The van der Waals surface area contributed by atoms with Crippen molar-refractivity contribution in [3.05, 3.63) is 15.8 Å². The predicted molar refractivity (Wildman–Crippen MR) is 50.8 cm³/mol. The molecule has 1 aliphatic carbocycles. The van der Waals surface area contributed by atoms with Crippen LogP contribution in [-0.2, 0) is 6.54 Å². The Balaban J connectivity index is 2.32. The molecule has 0 radical (unpaired) electrons. The van der Waals surface area contributed by atoms with E-state index in [1.807, 2.05) is 0 Å². The van der Waals surface area contributed by atoms with Gasteiger partial charge in [0.25, 0.3) is 0 Å². The van der Waals surface area contributed by atoms with Crippen LogP contribution in [0.2, 0.25) is 0 Å². The normalized spacial score (nSPS) is 15.8. The van der Waals surface area contributed by atoms with Crippen LogP contribution in [-0.4, -0.2) is 14.7 Å². The zero-order chi connectivity index (χ0) is 10.3. The lowest BCUT2D eigenvalue weighted by atomic mass is 10.4. The van der Waals surface area contributed by atoms with Gasteiger partial charge in [0.2, 0.25) is 5.82 Å². The van der Waals surface area contributed by atoms with Gasteiger partial charge in [-0.3, -0.25) is 10.1 Å². The van der Waals surface area contributed by atoms with Gasteiger partial charge in [0.05, 0.1) is 4.92 Å². The van der Waals surface area contributed by atoms with E-state index in [1.165, 1.54) is 12.8 Å². The Morgan fingerprint density at radius 3 is 2.79 bits per heavy atom. The molecule has 2 N–H and O–H groups in total. The molecule has 2 rings (SSSR count). The Morgan fingerprint density at radius 2 is 2.36 bits per heavy atom. The summed E-state index contributed by atoms with van der Waals surface area (Å²) >= 11 is 0. The smallest absolute Gasteiger partial charge is 0.333 e. The molecule has 1 fully saturated rings. The highest BCUT2D eigenvalue weighted by molar-refractivity contribution is 5.55. The molecule has 14 heavy (non-hydrogen) atoms. The number of nitrogen functional groups attached to an aromatic ring is 1. The monoisotopic (exact) mass is 196 g/mol. The third kappa shape index (κ3) is 1.43. The van der Waals surface area contributed by atoms with Gasteiger partial charge >= 0.3 is 5.69 Å². The molecule has 0 bridgehead atoms. The Hall–Kier alpha value is -1.59. The van der Waals surface area contributed by atoms with Crippen molar-refractivity contribution in [2.75, 3.05) is 5.73 Å². The summed E-state index contributed by atoms with van der Waals surface area (Å²) in [5, 5.41) is 14.7. The third-order valence-corrected chi connectivity index (χ3v) is 2.44. The van der Waals surface area contributed by atoms with Gasteiger partial charge in [-0.25, -0.2) is 4.68 Å². The fourth-order valence-corrected chi connectivity index (χ4v) is 1.50. The minimum atomic E-state index is -0.471. The van der Waals surface area contributed by atoms with E-state index in [0.717, 1.165) is 0 Å². The molecule has 1 saturated carbocycles. The van der Waals surface area contributed by atoms with E-state index in [4.69, 9.17) is 5.73 Å². The van der Waals surface area contributed by atoms with Gasteiger partial charge in [0, 0.05) is 6.54 Å². The highest BCUT2D eigenvalue weighted by atomic mass is 16.6. The number of rotatable bonds is 3. The van der Waals surface area contributed by atoms with Crippen molar-refractivity contribution in [3.8, 4) is 0 Å². The SMILES string of the molecule is Cc1nn(CC2CC2)c(N)c1[N+](=O)[O-]. The van der Waals surface area contributed by atoms with E-state index in [2.05, 4.69) is 5.10 Å². The molecule has 1 heterocycles. The average Bonchev–Trinajstić information content (AvgIpc) is 2.81. The summed E-state index contributed by atoms with van der Waals surface area (Å²) < 4.78 is 1.55. The lowest BCUT2D eigenvalue weighted by Crippen LogP contribution is -2.06. The number of aromatic nitrogens is 2. The molecule has 1 aromatic rings. The summed E-state index contributed by atoms with van der Waals surface area (Å²) in [6.45, 7) is 2.32. The summed E-state index contributed by atoms with van der Waals surface area (Å²) in [5.74, 6) is 0.788. The number of hydrogen-bond donors (Lipinski definition) is 1. The van der Waals surface area contributed by atoms with Crippen LogP contribution in [0.3, 0.4) is 0 Å². The van der Waals surface area contributed by atoms with Crippen molar-refractivity contribution < 1.29 is 4.92 Å². The minimum Gasteiger partial charge on any atom is -0.378 e. The largest absolute Gasteiger partial charge is 0.378 e. The summed E-state index contributed by atoms with van der Waals surface area (Å²) in [7, 11) is 0. The second kappa shape index (κ2) is 2.97. The Bertz CT molecular complexity index is 381. The molecule has 6 heteroatoms. The van der Waals surface area contributed by atoms with Crippen LogP contribution >= 0.6 is 0 Å². The van der Waals surface area contributed by atoms with Crippen molar-refractivity contribution in [1.82, 2.24) is 9.78 Å². The standard InChI is InChI=1S/C8H12N4O2/c1-5-7(12(13)14)8(9)11(10-5)4-6-2-3-6/h6H,2-4,9H2,1H3. The van der Waals surface area contributed by atoms with Gasteiger partial charge in [0.1, 0.15) is 5.69 Å². The number of nitrogens with two attached hydrogens (primary N) is 1. The van der Waals surface area contributed by atoms with Gasteiger partial charge in [-0.05, 0) is 25.7 Å². The lowest BCUT2D eigenvalue weighted by molar-refractivity contribution is -0.384. The van der Waals surface area contributed by atoms with Crippen molar-refractivity contribution in [2.45, 2.75) is 26.3 Å². The fourth-order valence-electron chi connectivity index (χ4n) is 1.50. The Kier molecular flexibility index (Phi) is 1.90. The molecule has 0 aromatic carbocycles. The molecule has 0 amide bonds. The zero-order valence-electron chi connectivity index (χ0n) is 7.93. The first-order chi connectivity index (χ1) is 6.59. The first kappa shape index (κ1) is 8.98. The summed E-state index contributed by atoms with van der Waals surface area (Å²) in [6.07, 6.45) is 2.35. The van der Waals surface area contributed by atoms with Crippen LogP contribution in [0.1, 0.15) is 18.5 Å². The average molecular weight is 196 g/mol. The van der Waals surface area contributed by atoms with E-state index in [9.17, 15) is 10.1 Å².